The normalized spacial score (nSPS) is 15.4. The van der Waals surface area contributed by atoms with Crippen LogP contribution in [0.15, 0.2) is 24.3 Å². The van der Waals surface area contributed by atoms with Gasteiger partial charge in [0.15, 0.2) is 5.78 Å². The Morgan fingerprint density at radius 3 is 2.00 bits per heavy atom. The maximum atomic E-state index is 12.3. The van der Waals surface area contributed by atoms with Crippen molar-refractivity contribution in [3.8, 4) is 0 Å². The van der Waals surface area contributed by atoms with Gasteiger partial charge >= 0.3 is 58.4 Å². The van der Waals surface area contributed by atoms with Crippen LogP contribution in [0.25, 0.3) is 0 Å². The molecule has 2 rings (SSSR count). The maximum absolute atomic E-state index is 12.3. The predicted molar refractivity (Wildman–Crippen MR) is 52.2 cm³/mol. The molecule has 0 aliphatic heterocycles. The predicted octanol–water partition coefficient (Wildman–Crippen LogP) is -0.662. The molecule has 0 aromatic heterocycles. The molecular formula is C10H9BF3KO. The van der Waals surface area contributed by atoms with Crippen molar-refractivity contribution in [3.05, 3.63) is 29.8 Å². The Morgan fingerprint density at radius 2 is 1.62 bits per heavy atom. The van der Waals surface area contributed by atoms with Crippen LogP contribution in [0, 0.1) is 5.92 Å². The van der Waals surface area contributed by atoms with Crippen molar-refractivity contribution in [1.82, 2.24) is 0 Å². The third-order valence-corrected chi connectivity index (χ3v) is 2.52. The average molecular weight is 252 g/mol. The van der Waals surface area contributed by atoms with Crippen molar-refractivity contribution in [3.63, 3.8) is 0 Å². The molecule has 0 spiro atoms. The first kappa shape index (κ1) is 14.4. The average Bonchev–Trinajstić information content (AvgIpc) is 2.99. The summed E-state index contributed by atoms with van der Waals surface area (Å²) >= 11 is 0. The molecule has 6 heteroatoms. The molecule has 80 valence electrons. The van der Waals surface area contributed by atoms with Crippen molar-refractivity contribution in [2.75, 3.05) is 0 Å². The number of hydrogen-bond acceptors (Lipinski definition) is 1. The van der Waals surface area contributed by atoms with E-state index in [9.17, 15) is 17.7 Å². The SMILES string of the molecule is O=C(c1ccc([B-](F)(F)F)cc1)C1CC1.[K+]. The van der Waals surface area contributed by atoms with E-state index < -0.39 is 12.4 Å². The van der Waals surface area contributed by atoms with Crippen LogP contribution in [0.3, 0.4) is 0 Å². The molecule has 1 fully saturated rings. The summed E-state index contributed by atoms with van der Waals surface area (Å²) in [5.74, 6) is 0.0171. The van der Waals surface area contributed by atoms with Gasteiger partial charge in [0.05, 0.1) is 0 Å². The Labute approximate surface area is 134 Å². The van der Waals surface area contributed by atoms with Crippen LogP contribution >= 0.6 is 0 Å². The summed E-state index contributed by atoms with van der Waals surface area (Å²) in [6.07, 6.45) is 1.73. The van der Waals surface area contributed by atoms with Gasteiger partial charge in [0, 0.05) is 11.5 Å². The van der Waals surface area contributed by atoms with E-state index in [2.05, 4.69) is 0 Å². The Balaban J connectivity index is 0.00000128. The molecule has 0 amide bonds. The van der Waals surface area contributed by atoms with E-state index in [1.165, 1.54) is 12.1 Å². The Hall–Kier alpha value is 0.381. The van der Waals surface area contributed by atoms with E-state index >= 15 is 0 Å². The second-order valence-corrected chi connectivity index (χ2v) is 3.84. The van der Waals surface area contributed by atoms with Gasteiger partial charge in [-0.2, -0.15) is 0 Å². The second-order valence-electron chi connectivity index (χ2n) is 3.84. The minimum atomic E-state index is -4.95. The number of carbonyl (C=O) groups is 1. The summed E-state index contributed by atoms with van der Waals surface area (Å²) < 4.78 is 36.8. The topological polar surface area (TPSA) is 17.1 Å². The van der Waals surface area contributed by atoms with E-state index in [0.717, 1.165) is 25.0 Å². The van der Waals surface area contributed by atoms with Gasteiger partial charge in [0.25, 0.3) is 0 Å². The van der Waals surface area contributed by atoms with Crippen LogP contribution in [0.4, 0.5) is 12.9 Å². The molecule has 1 aromatic rings. The maximum Gasteiger partial charge on any atom is 1.00 e. The molecule has 0 heterocycles. The molecule has 1 aliphatic rings. The van der Waals surface area contributed by atoms with Crippen molar-refractivity contribution < 1.29 is 69.1 Å². The second kappa shape index (κ2) is 5.35. The quantitative estimate of drug-likeness (QED) is 0.515. The molecular weight excluding hydrogens is 243 g/mol. The smallest absolute Gasteiger partial charge is 0.445 e. The van der Waals surface area contributed by atoms with Gasteiger partial charge in [-0.05, 0) is 12.8 Å². The van der Waals surface area contributed by atoms with Gasteiger partial charge in [-0.25, -0.2) is 0 Å². The number of hydrogen-bond donors (Lipinski definition) is 0. The number of rotatable bonds is 3. The fourth-order valence-electron chi connectivity index (χ4n) is 1.45. The van der Waals surface area contributed by atoms with Crippen LogP contribution in [0.5, 0.6) is 0 Å². The molecule has 1 aliphatic carbocycles. The third-order valence-electron chi connectivity index (χ3n) is 2.52. The van der Waals surface area contributed by atoms with Crippen LogP contribution < -0.4 is 56.8 Å². The zero-order valence-electron chi connectivity index (χ0n) is 8.92. The third kappa shape index (κ3) is 3.43. The standard InChI is InChI=1S/C10H9BF3O.K/c12-11(13,14)9-5-3-8(4-6-9)10(15)7-1-2-7;/h3-7H,1-2H2;/q-1;+1. The fourth-order valence-corrected chi connectivity index (χ4v) is 1.45. The molecule has 1 saturated carbocycles. The monoisotopic (exact) mass is 252 g/mol. The Bertz CT molecular complexity index is 384. The van der Waals surface area contributed by atoms with Gasteiger partial charge in [-0.1, -0.05) is 24.3 Å². The van der Waals surface area contributed by atoms with E-state index in [1.54, 1.807) is 0 Å². The van der Waals surface area contributed by atoms with Gasteiger partial charge in [0.1, 0.15) is 0 Å². The first-order valence-corrected chi connectivity index (χ1v) is 4.82. The van der Waals surface area contributed by atoms with Gasteiger partial charge in [-0.3, -0.25) is 4.79 Å². The number of halogens is 3. The molecule has 0 unspecified atom stereocenters. The Kier molecular flexibility index (Phi) is 4.83. The number of Topliss-reactive ketones (excluding diaryl/α,β-unsaturated/α-hetero) is 1. The molecule has 0 N–H and O–H groups in total. The van der Waals surface area contributed by atoms with Gasteiger partial charge < -0.3 is 12.9 Å². The molecule has 1 aromatic carbocycles. The van der Waals surface area contributed by atoms with Crippen LogP contribution in [0.1, 0.15) is 23.2 Å². The summed E-state index contributed by atoms with van der Waals surface area (Å²) in [4.78, 5) is 11.5. The minimum absolute atomic E-state index is 0. The van der Waals surface area contributed by atoms with Crippen molar-refractivity contribution in [1.29, 1.82) is 0 Å². The van der Waals surface area contributed by atoms with Crippen molar-refractivity contribution in [2.24, 2.45) is 5.92 Å². The molecule has 0 radical (unpaired) electrons. The summed E-state index contributed by atoms with van der Waals surface area (Å²) in [5.41, 5.74) is -0.261. The first-order valence-electron chi connectivity index (χ1n) is 4.82. The Morgan fingerprint density at radius 1 is 1.12 bits per heavy atom. The summed E-state index contributed by atoms with van der Waals surface area (Å²) in [5, 5.41) is 0. The zero-order valence-corrected chi connectivity index (χ0v) is 12.0. The molecule has 16 heavy (non-hydrogen) atoms. The molecule has 0 bridgehead atoms. The number of carbonyl (C=O) groups excluding carboxylic acids is 1. The minimum Gasteiger partial charge on any atom is -0.445 e. The summed E-state index contributed by atoms with van der Waals surface area (Å²) in [6.45, 7) is -4.95. The number of ketones is 1. The molecule has 0 saturated heterocycles. The van der Waals surface area contributed by atoms with Crippen LogP contribution in [-0.2, 0) is 0 Å². The van der Waals surface area contributed by atoms with E-state index in [4.69, 9.17) is 0 Å². The number of benzene rings is 1. The summed E-state index contributed by atoms with van der Waals surface area (Å²) in [6, 6.07) is 4.50. The van der Waals surface area contributed by atoms with Gasteiger partial charge in [-0.15, -0.1) is 5.46 Å². The molecule has 0 atom stereocenters. The van der Waals surface area contributed by atoms with E-state index in [1.807, 2.05) is 0 Å². The zero-order chi connectivity index (χ0) is 11.1. The van der Waals surface area contributed by atoms with Gasteiger partial charge in [0.2, 0.25) is 0 Å². The van der Waals surface area contributed by atoms with Crippen molar-refractivity contribution >= 4 is 18.2 Å². The van der Waals surface area contributed by atoms with E-state index in [-0.39, 0.29) is 63.1 Å². The van der Waals surface area contributed by atoms with Crippen LogP contribution in [0.2, 0.25) is 0 Å². The fraction of sp³-hybridized carbons (Fsp3) is 0.300. The largest absolute Gasteiger partial charge is 1.00 e. The van der Waals surface area contributed by atoms with Crippen molar-refractivity contribution in [2.45, 2.75) is 12.8 Å². The summed E-state index contributed by atoms with van der Waals surface area (Å²) in [7, 11) is 0. The van der Waals surface area contributed by atoms with E-state index in [0.29, 0.717) is 5.56 Å². The van der Waals surface area contributed by atoms with Crippen LogP contribution in [-0.4, -0.2) is 12.8 Å². The molecule has 1 nitrogen and oxygen atoms in total. The first-order chi connectivity index (χ1) is 6.98.